The second kappa shape index (κ2) is 8.10. The summed E-state index contributed by atoms with van der Waals surface area (Å²) in [5.74, 6) is -2.97. The molecule has 2 aliphatic rings. The number of esters is 1. The van der Waals surface area contributed by atoms with Crippen molar-refractivity contribution in [2.75, 3.05) is 18.5 Å². The van der Waals surface area contributed by atoms with Crippen LogP contribution in [0.5, 0.6) is 0 Å². The standard InChI is InChI=1S/C18H16Cl2N2O5/c19-13-6-5-10(7-14(13)20)21-15(23)9-27-16(24)8-22-17(25)11-3-1-2-4-12(11)18(22)26/h1-2,5-7,11-12H,3-4,8-9H2,(H,21,23)/t11-,12-/m0/s1. The molecule has 1 fully saturated rings. The molecule has 1 N–H and O–H groups in total. The van der Waals surface area contributed by atoms with E-state index in [1.165, 1.54) is 12.1 Å². The first kappa shape index (κ1) is 19.4. The Labute approximate surface area is 165 Å². The molecule has 0 bridgehead atoms. The summed E-state index contributed by atoms with van der Waals surface area (Å²) in [6.45, 7) is -1.05. The zero-order valence-electron chi connectivity index (χ0n) is 14.1. The van der Waals surface area contributed by atoms with Gasteiger partial charge in [0.05, 0.1) is 21.9 Å². The van der Waals surface area contributed by atoms with Crippen molar-refractivity contribution in [1.29, 1.82) is 0 Å². The number of ether oxygens (including phenoxy) is 1. The number of hydrogen-bond acceptors (Lipinski definition) is 5. The molecular formula is C18H16Cl2N2O5. The van der Waals surface area contributed by atoms with Crippen molar-refractivity contribution in [3.63, 3.8) is 0 Å². The van der Waals surface area contributed by atoms with E-state index in [0.717, 1.165) is 4.90 Å². The van der Waals surface area contributed by atoms with E-state index < -0.39 is 36.9 Å². The van der Waals surface area contributed by atoms with E-state index in [-0.39, 0.29) is 16.8 Å². The first-order valence-electron chi connectivity index (χ1n) is 8.27. The Hall–Kier alpha value is -2.38. The number of halogens is 2. The Morgan fingerprint density at radius 3 is 2.30 bits per heavy atom. The second-order valence-corrected chi connectivity index (χ2v) is 7.07. The van der Waals surface area contributed by atoms with Crippen LogP contribution in [0.25, 0.3) is 0 Å². The number of anilines is 1. The highest BCUT2D eigenvalue weighted by molar-refractivity contribution is 6.42. The minimum Gasteiger partial charge on any atom is -0.454 e. The molecule has 1 aromatic carbocycles. The third-order valence-electron chi connectivity index (χ3n) is 4.45. The van der Waals surface area contributed by atoms with E-state index >= 15 is 0 Å². The summed E-state index contributed by atoms with van der Waals surface area (Å²) in [5, 5.41) is 3.12. The third-order valence-corrected chi connectivity index (χ3v) is 5.19. The molecule has 2 atom stereocenters. The van der Waals surface area contributed by atoms with Crippen LogP contribution in [0, 0.1) is 11.8 Å². The Morgan fingerprint density at radius 1 is 1.07 bits per heavy atom. The van der Waals surface area contributed by atoms with Crippen molar-refractivity contribution < 1.29 is 23.9 Å². The fraction of sp³-hybridized carbons (Fsp3) is 0.333. The fourth-order valence-electron chi connectivity index (χ4n) is 3.12. The van der Waals surface area contributed by atoms with Gasteiger partial charge in [0.25, 0.3) is 5.91 Å². The maximum absolute atomic E-state index is 12.3. The van der Waals surface area contributed by atoms with Gasteiger partial charge in [0, 0.05) is 5.69 Å². The summed E-state index contributed by atoms with van der Waals surface area (Å²) in [6.07, 6.45) is 4.71. The zero-order valence-corrected chi connectivity index (χ0v) is 15.6. The molecule has 3 amide bonds. The Morgan fingerprint density at radius 2 is 1.70 bits per heavy atom. The molecule has 27 heavy (non-hydrogen) atoms. The van der Waals surface area contributed by atoms with Crippen molar-refractivity contribution >= 4 is 52.6 Å². The van der Waals surface area contributed by atoms with E-state index in [1.54, 1.807) is 6.07 Å². The largest absolute Gasteiger partial charge is 0.454 e. The highest BCUT2D eigenvalue weighted by Gasteiger charge is 2.47. The number of nitrogens with zero attached hydrogens (tertiary/aromatic N) is 1. The van der Waals surface area contributed by atoms with Gasteiger partial charge in [-0.25, -0.2) is 0 Å². The van der Waals surface area contributed by atoms with Gasteiger partial charge in [-0.2, -0.15) is 0 Å². The molecule has 9 heteroatoms. The topological polar surface area (TPSA) is 92.8 Å². The number of carbonyl (C=O) groups excluding carboxylic acids is 4. The van der Waals surface area contributed by atoms with Gasteiger partial charge < -0.3 is 10.1 Å². The van der Waals surface area contributed by atoms with E-state index in [2.05, 4.69) is 5.32 Å². The molecule has 1 aliphatic carbocycles. The smallest absolute Gasteiger partial charge is 0.326 e. The lowest BCUT2D eigenvalue weighted by Gasteiger charge is -2.14. The van der Waals surface area contributed by atoms with Gasteiger partial charge >= 0.3 is 5.97 Å². The first-order valence-corrected chi connectivity index (χ1v) is 9.03. The molecular weight excluding hydrogens is 395 g/mol. The molecule has 0 aromatic heterocycles. The van der Waals surface area contributed by atoms with Crippen LogP contribution in [0.2, 0.25) is 10.0 Å². The predicted molar refractivity (Wildman–Crippen MR) is 98.1 cm³/mol. The molecule has 7 nitrogen and oxygen atoms in total. The van der Waals surface area contributed by atoms with Crippen LogP contribution in [0.4, 0.5) is 5.69 Å². The van der Waals surface area contributed by atoms with Crippen molar-refractivity contribution in [2.45, 2.75) is 12.8 Å². The lowest BCUT2D eigenvalue weighted by Crippen LogP contribution is -2.37. The minimum absolute atomic E-state index is 0.272. The van der Waals surface area contributed by atoms with E-state index in [4.69, 9.17) is 27.9 Å². The van der Waals surface area contributed by atoms with E-state index in [1.807, 2.05) is 12.2 Å². The van der Waals surface area contributed by atoms with Gasteiger partial charge in [-0.15, -0.1) is 0 Å². The monoisotopic (exact) mass is 410 g/mol. The quantitative estimate of drug-likeness (QED) is 0.457. The highest BCUT2D eigenvalue weighted by atomic mass is 35.5. The predicted octanol–water partition coefficient (Wildman–Crippen LogP) is 2.43. The number of rotatable bonds is 5. The summed E-state index contributed by atoms with van der Waals surface area (Å²) in [6, 6.07) is 4.52. The molecule has 0 unspecified atom stereocenters. The van der Waals surface area contributed by atoms with E-state index in [0.29, 0.717) is 23.6 Å². The number of carbonyl (C=O) groups is 4. The summed E-state index contributed by atoms with van der Waals surface area (Å²) >= 11 is 11.6. The van der Waals surface area contributed by atoms with Crippen molar-refractivity contribution in [1.82, 2.24) is 4.90 Å². The van der Waals surface area contributed by atoms with Gasteiger partial charge in [0.1, 0.15) is 6.54 Å². The maximum Gasteiger partial charge on any atom is 0.326 e. The second-order valence-electron chi connectivity index (χ2n) is 6.26. The molecule has 1 saturated heterocycles. The number of nitrogens with one attached hydrogen (secondary N) is 1. The van der Waals surface area contributed by atoms with Crippen LogP contribution in [-0.4, -0.2) is 41.7 Å². The van der Waals surface area contributed by atoms with Crippen LogP contribution in [-0.2, 0) is 23.9 Å². The fourth-order valence-corrected chi connectivity index (χ4v) is 3.41. The first-order chi connectivity index (χ1) is 12.9. The number of benzene rings is 1. The number of hydrogen-bond donors (Lipinski definition) is 1. The van der Waals surface area contributed by atoms with Gasteiger partial charge in [-0.1, -0.05) is 35.4 Å². The maximum atomic E-state index is 12.3. The Balaban J connectivity index is 1.49. The SMILES string of the molecule is O=C(COC(=O)CN1C(=O)[C@H]2CC=CC[C@@H]2C1=O)Nc1ccc(Cl)c(Cl)c1. The molecule has 142 valence electrons. The van der Waals surface area contributed by atoms with Crippen LogP contribution in [0.1, 0.15) is 12.8 Å². The average Bonchev–Trinajstić information content (AvgIpc) is 2.88. The van der Waals surface area contributed by atoms with Gasteiger partial charge in [0.2, 0.25) is 11.8 Å². The third kappa shape index (κ3) is 4.31. The lowest BCUT2D eigenvalue weighted by molar-refractivity contribution is -0.154. The zero-order chi connectivity index (χ0) is 19.6. The summed E-state index contributed by atoms with van der Waals surface area (Å²) < 4.78 is 4.87. The van der Waals surface area contributed by atoms with E-state index in [9.17, 15) is 19.2 Å². The lowest BCUT2D eigenvalue weighted by atomic mass is 9.85. The summed E-state index contributed by atoms with van der Waals surface area (Å²) in [7, 11) is 0. The number of fused-ring (bicyclic) bond motifs is 1. The van der Waals surface area contributed by atoms with Crippen LogP contribution >= 0.6 is 23.2 Å². The Bertz CT molecular complexity index is 813. The molecule has 0 saturated carbocycles. The van der Waals surface area contributed by atoms with Gasteiger partial charge in [0.15, 0.2) is 6.61 Å². The molecule has 1 aliphatic heterocycles. The van der Waals surface area contributed by atoms with Gasteiger partial charge in [-0.05, 0) is 31.0 Å². The average molecular weight is 411 g/mol. The number of amides is 3. The summed E-state index contributed by atoms with van der Waals surface area (Å²) in [4.78, 5) is 49.3. The number of allylic oxidation sites excluding steroid dienone is 2. The van der Waals surface area contributed by atoms with Crippen molar-refractivity contribution in [3.05, 3.63) is 40.4 Å². The summed E-state index contributed by atoms with van der Waals surface area (Å²) in [5.41, 5.74) is 0.395. The molecule has 0 spiro atoms. The van der Waals surface area contributed by atoms with Crippen molar-refractivity contribution in [3.8, 4) is 0 Å². The molecule has 1 heterocycles. The van der Waals surface area contributed by atoms with Crippen LogP contribution in [0.15, 0.2) is 30.4 Å². The van der Waals surface area contributed by atoms with Crippen LogP contribution < -0.4 is 5.32 Å². The number of imide groups is 1. The number of likely N-dealkylation sites (tertiary alicyclic amines) is 1. The Kier molecular flexibility index (Phi) is 5.82. The van der Waals surface area contributed by atoms with Crippen LogP contribution in [0.3, 0.4) is 0 Å². The minimum atomic E-state index is -0.826. The van der Waals surface area contributed by atoms with Gasteiger partial charge in [-0.3, -0.25) is 24.1 Å². The molecule has 0 radical (unpaired) electrons. The highest BCUT2D eigenvalue weighted by Crippen LogP contribution is 2.34. The normalized spacial score (nSPS) is 21.2. The van der Waals surface area contributed by atoms with Crippen molar-refractivity contribution in [2.24, 2.45) is 11.8 Å². The molecule has 3 rings (SSSR count). The molecule has 1 aromatic rings.